The Bertz CT molecular complexity index is 1110. The van der Waals surface area contributed by atoms with Crippen molar-refractivity contribution in [1.29, 1.82) is 0 Å². The Morgan fingerprint density at radius 2 is 1.77 bits per heavy atom. The molecule has 31 heavy (non-hydrogen) atoms. The molecule has 12 heteroatoms. The number of hydrogen-bond donors (Lipinski definition) is 0. The van der Waals surface area contributed by atoms with Crippen molar-refractivity contribution < 1.29 is 31.1 Å². The van der Waals surface area contributed by atoms with E-state index in [1.165, 1.54) is 15.4 Å². The fourth-order valence-electron chi connectivity index (χ4n) is 3.60. The zero-order valence-electron chi connectivity index (χ0n) is 15.8. The lowest BCUT2D eigenvalue weighted by Gasteiger charge is -2.32. The fourth-order valence-corrected chi connectivity index (χ4v) is 3.60. The van der Waals surface area contributed by atoms with E-state index in [0.717, 1.165) is 30.6 Å². The van der Waals surface area contributed by atoms with Gasteiger partial charge in [0.1, 0.15) is 11.5 Å². The maximum Gasteiger partial charge on any atom is 0.433 e. The van der Waals surface area contributed by atoms with Crippen LogP contribution >= 0.6 is 0 Å². The average Bonchev–Trinajstić information content (AvgIpc) is 3.15. The van der Waals surface area contributed by atoms with Crippen molar-refractivity contribution in [3.63, 3.8) is 0 Å². The molecule has 1 amide bonds. The van der Waals surface area contributed by atoms with Gasteiger partial charge in [0.15, 0.2) is 5.65 Å². The number of alkyl halides is 6. The molecule has 0 radical (unpaired) electrons. The lowest BCUT2D eigenvalue weighted by Crippen LogP contribution is -2.39. The summed E-state index contributed by atoms with van der Waals surface area (Å²) in [5.41, 5.74) is -1.70. The number of pyridine rings is 2. The highest BCUT2D eigenvalue weighted by Gasteiger charge is 2.34. The number of piperidine rings is 1. The van der Waals surface area contributed by atoms with Crippen molar-refractivity contribution in [2.45, 2.75) is 31.1 Å². The van der Waals surface area contributed by atoms with E-state index in [4.69, 9.17) is 0 Å². The highest BCUT2D eigenvalue weighted by molar-refractivity contribution is 5.94. The van der Waals surface area contributed by atoms with Crippen LogP contribution in [-0.4, -0.2) is 43.5 Å². The van der Waals surface area contributed by atoms with E-state index in [1.54, 1.807) is 0 Å². The molecule has 1 unspecified atom stereocenters. The molecule has 1 atom stereocenters. The standard InChI is InChI=1S/C19H15F6N5O/c20-18(21,22)13-4-6-15-27-28-16(30(15)10-13)12-2-1-7-29(9-12)17(31)11-3-5-14(26-8-11)19(23,24)25/h3-6,8,10,12H,1-2,7,9H2. The first-order chi connectivity index (χ1) is 14.5. The smallest absolute Gasteiger partial charge is 0.338 e. The maximum absolute atomic E-state index is 13.1. The molecule has 0 bridgehead atoms. The summed E-state index contributed by atoms with van der Waals surface area (Å²) in [6.45, 7) is 0.512. The summed E-state index contributed by atoms with van der Waals surface area (Å²) in [5, 5.41) is 7.92. The lowest BCUT2D eigenvalue weighted by molar-refractivity contribution is -0.141. The van der Waals surface area contributed by atoms with Crippen LogP contribution in [0.1, 0.15) is 46.2 Å². The molecule has 164 valence electrons. The highest BCUT2D eigenvalue weighted by Crippen LogP contribution is 2.32. The molecule has 3 aromatic rings. The first-order valence-electron chi connectivity index (χ1n) is 9.28. The molecule has 1 aliphatic rings. The van der Waals surface area contributed by atoms with Gasteiger partial charge in [-0.05, 0) is 37.1 Å². The van der Waals surface area contributed by atoms with E-state index in [1.807, 2.05) is 0 Å². The molecule has 1 saturated heterocycles. The summed E-state index contributed by atoms with van der Waals surface area (Å²) < 4.78 is 78.5. The Kier molecular flexibility index (Phi) is 5.10. The number of fused-ring (bicyclic) bond motifs is 1. The van der Waals surface area contributed by atoms with Crippen molar-refractivity contribution >= 4 is 11.6 Å². The summed E-state index contributed by atoms with van der Waals surface area (Å²) in [7, 11) is 0. The molecule has 0 spiro atoms. The number of rotatable bonds is 2. The Balaban J connectivity index is 1.57. The van der Waals surface area contributed by atoms with Crippen molar-refractivity contribution in [2.75, 3.05) is 13.1 Å². The van der Waals surface area contributed by atoms with Crippen LogP contribution in [0.3, 0.4) is 0 Å². The molecule has 0 N–H and O–H groups in total. The van der Waals surface area contributed by atoms with Crippen LogP contribution in [0.4, 0.5) is 26.3 Å². The predicted octanol–water partition coefficient (Wildman–Crippen LogP) is 4.18. The van der Waals surface area contributed by atoms with E-state index < -0.39 is 29.5 Å². The Hall–Kier alpha value is -3.18. The zero-order valence-corrected chi connectivity index (χ0v) is 15.8. The number of carbonyl (C=O) groups excluding carboxylic acids is 1. The first kappa shape index (κ1) is 21.1. The zero-order chi connectivity index (χ0) is 22.4. The van der Waals surface area contributed by atoms with E-state index in [2.05, 4.69) is 15.2 Å². The monoisotopic (exact) mass is 443 g/mol. The second-order valence-corrected chi connectivity index (χ2v) is 7.22. The SMILES string of the molecule is O=C(c1ccc(C(F)(F)F)nc1)N1CCCC(c2nnc3ccc(C(F)(F)F)cn23)C1. The number of amides is 1. The number of nitrogens with zero attached hydrogens (tertiary/aromatic N) is 5. The minimum Gasteiger partial charge on any atom is -0.338 e. The fraction of sp³-hybridized carbons (Fsp3) is 0.368. The van der Waals surface area contributed by atoms with E-state index in [0.29, 0.717) is 25.2 Å². The van der Waals surface area contributed by atoms with Gasteiger partial charge in [-0.1, -0.05) is 0 Å². The molecule has 1 fully saturated rings. The Morgan fingerprint density at radius 1 is 1.00 bits per heavy atom. The van der Waals surface area contributed by atoms with Gasteiger partial charge in [-0.25, -0.2) is 0 Å². The number of likely N-dealkylation sites (tertiary alicyclic amines) is 1. The van der Waals surface area contributed by atoms with Crippen LogP contribution in [0.15, 0.2) is 36.7 Å². The second kappa shape index (κ2) is 7.50. The van der Waals surface area contributed by atoms with Gasteiger partial charge in [0.25, 0.3) is 5.91 Å². The molecule has 0 saturated carbocycles. The van der Waals surface area contributed by atoms with Crippen molar-refractivity contribution in [3.8, 4) is 0 Å². The molecule has 1 aliphatic heterocycles. The summed E-state index contributed by atoms with van der Waals surface area (Å²) in [5.74, 6) is -0.585. The number of carbonyl (C=O) groups is 1. The summed E-state index contributed by atoms with van der Waals surface area (Å²) in [6.07, 6.45) is -6.21. The molecule has 6 nitrogen and oxygen atoms in total. The molecule has 4 heterocycles. The van der Waals surface area contributed by atoms with Gasteiger partial charge in [0.2, 0.25) is 0 Å². The minimum absolute atomic E-state index is 0.000825. The normalized spacial score (nSPS) is 17.9. The first-order valence-corrected chi connectivity index (χ1v) is 9.28. The largest absolute Gasteiger partial charge is 0.433 e. The van der Waals surface area contributed by atoms with Gasteiger partial charge in [0, 0.05) is 31.4 Å². The predicted molar refractivity (Wildman–Crippen MR) is 95.1 cm³/mol. The Morgan fingerprint density at radius 3 is 2.42 bits per heavy atom. The minimum atomic E-state index is -4.61. The number of aromatic nitrogens is 4. The van der Waals surface area contributed by atoms with Crippen LogP contribution in [0.5, 0.6) is 0 Å². The van der Waals surface area contributed by atoms with Gasteiger partial charge >= 0.3 is 12.4 Å². The molecule has 0 aromatic carbocycles. The van der Waals surface area contributed by atoms with Crippen molar-refractivity contribution in [3.05, 3.63) is 59.3 Å². The molecule has 3 aromatic heterocycles. The molecular weight excluding hydrogens is 428 g/mol. The van der Waals surface area contributed by atoms with Crippen LogP contribution in [0.2, 0.25) is 0 Å². The number of halogens is 6. The molecular formula is C19H15F6N5O. The second-order valence-electron chi connectivity index (χ2n) is 7.22. The van der Waals surface area contributed by atoms with Crippen molar-refractivity contribution in [2.24, 2.45) is 0 Å². The highest BCUT2D eigenvalue weighted by atomic mass is 19.4. The van der Waals surface area contributed by atoms with Gasteiger partial charge in [-0.3, -0.25) is 14.2 Å². The third-order valence-electron chi connectivity index (χ3n) is 5.13. The van der Waals surface area contributed by atoms with Gasteiger partial charge < -0.3 is 4.90 Å². The van der Waals surface area contributed by atoms with E-state index in [-0.39, 0.29) is 23.7 Å². The topological polar surface area (TPSA) is 63.4 Å². The van der Waals surface area contributed by atoms with Gasteiger partial charge in [0.05, 0.1) is 11.1 Å². The quantitative estimate of drug-likeness (QED) is 0.558. The average molecular weight is 443 g/mol. The molecule has 0 aliphatic carbocycles. The third-order valence-corrected chi connectivity index (χ3v) is 5.13. The Labute approximate surface area is 171 Å². The summed E-state index contributed by atoms with van der Waals surface area (Å²) >= 11 is 0. The summed E-state index contributed by atoms with van der Waals surface area (Å²) in [6, 6.07) is 3.93. The van der Waals surface area contributed by atoms with Crippen LogP contribution < -0.4 is 0 Å². The van der Waals surface area contributed by atoms with E-state index >= 15 is 0 Å². The van der Waals surface area contributed by atoms with Crippen LogP contribution in [-0.2, 0) is 12.4 Å². The van der Waals surface area contributed by atoms with Crippen molar-refractivity contribution in [1.82, 2.24) is 24.5 Å². The maximum atomic E-state index is 13.1. The number of hydrogen-bond acceptors (Lipinski definition) is 4. The molecule has 4 rings (SSSR count). The van der Waals surface area contributed by atoms with Gasteiger partial charge in [-0.15, -0.1) is 10.2 Å². The van der Waals surface area contributed by atoms with Crippen LogP contribution in [0.25, 0.3) is 5.65 Å². The van der Waals surface area contributed by atoms with Crippen LogP contribution in [0, 0.1) is 0 Å². The van der Waals surface area contributed by atoms with Gasteiger partial charge in [-0.2, -0.15) is 26.3 Å². The third kappa shape index (κ3) is 4.19. The van der Waals surface area contributed by atoms with E-state index in [9.17, 15) is 31.1 Å². The lowest BCUT2D eigenvalue weighted by atomic mass is 9.96. The summed E-state index contributed by atoms with van der Waals surface area (Å²) in [4.78, 5) is 17.5.